The third-order valence-corrected chi connectivity index (χ3v) is 4.01. The third kappa shape index (κ3) is 8.38. The van der Waals surface area contributed by atoms with Crippen molar-refractivity contribution >= 4 is 29.9 Å². The van der Waals surface area contributed by atoms with E-state index >= 15 is 0 Å². The van der Waals surface area contributed by atoms with Crippen molar-refractivity contribution in [2.75, 3.05) is 13.6 Å². The van der Waals surface area contributed by atoms with Crippen LogP contribution in [0, 0.1) is 0 Å². The van der Waals surface area contributed by atoms with E-state index in [0.29, 0.717) is 6.04 Å². The number of benzene rings is 1. The number of halogens is 1. The van der Waals surface area contributed by atoms with Crippen LogP contribution in [0.4, 0.5) is 0 Å². The van der Waals surface area contributed by atoms with E-state index < -0.39 is 0 Å². The topological polar surface area (TPSA) is 54.2 Å². The summed E-state index contributed by atoms with van der Waals surface area (Å²) in [7, 11) is 3.77. The second-order valence-corrected chi connectivity index (χ2v) is 6.19. The first kappa shape index (κ1) is 21.5. The predicted octanol–water partition coefficient (Wildman–Crippen LogP) is 3.16. The van der Waals surface area contributed by atoms with Gasteiger partial charge in [0.15, 0.2) is 5.96 Å². The SMILES string of the molecule is CN=C(NCCCc1cnn(C)c1)NC(C)CCc1ccccc1.I. The van der Waals surface area contributed by atoms with Crippen molar-refractivity contribution in [1.82, 2.24) is 20.4 Å². The van der Waals surface area contributed by atoms with Crippen molar-refractivity contribution in [2.45, 2.75) is 38.6 Å². The Bertz CT molecular complexity index is 624. The van der Waals surface area contributed by atoms with Crippen molar-refractivity contribution in [1.29, 1.82) is 0 Å². The molecule has 1 atom stereocenters. The zero-order chi connectivity index (χ0) is 17.2. The normalized spacial score (nSPS) is 12.4. The molecular formula is C19H30IN5. The highest BCUT2D eigenvalue weighted by Crippen LogP contribution is 2.04. The molecule has 0 aliphatic heterocycles. The zero-order valence-electron chi connectivity index (χ0n) is 15.4. The van der Waals surface area contributed by atoms with Gasteiger partial charge in [-0.2, -0.15) is 5.10 Å². The number of guanidine groups is 1. The maximum atomic E-state index is 4.31. The van der Waals surface area contributed by atoms with E-state index in [4.69, 9.17) is 0 Å². The van der Waals surface area contributed by atoms with Gasteiger partial charge in [-0.1, -0.05) is 30.3 Å². The van der Waals surface area contributed by atoms with Gasteiger partial charge in [0.1, 0.15) is 0 Å². The van der Waals surface area contributed by atoms with E-state index in [9.17, 15) is 0 Å². The van der Waals surface area contributed by atoms with Gasteiger partial charge in [-0.3, -0.25) is 9.67 Å². The average Bonchev–Trinajstić information content (AvgIpc) is 3.02. The van der Waals surface area contributed by atoms with Crippen LogP contribution in [0.15, 0.2) is 47.7 Å². The number of aliphatic imine (C=N–C) groups is 1. The molecule has 2 N–H and O–H groups in total. The van der Waals surface area contributed by atoms with Crippen LogP contribution >= 0.6 is 24.0 Å². The van der Waals surface area contributed by atoms with Crippen LogP contribution in [-0.4, -0.2) is 35.4 Å². The average molecular weight is 455 g/mol. The van der Waals surface area contributed by atoms with Crippen LogP contribution < -0.4 is 10.6 Å². The number of aryl methyl sites for hydroxylation is 3. The molecule has 0 aliphatic carbocycles. The largest absolute Gasteiger partial charge is 0.356 e. The van der Waals surface area contributed by atoms with Crippen LogP contribution in [0.5, 0.6) is 0 Å². The highest BCUT2D eigenvalue weighted by molar-refractivity contribution is 14.0. The molecule has 1 aromatic carbocycles. The Hall–Kier alpha value is -1.57. The summed E-state index contributed by atoms with van der Waals surface area (Å²) >= 11 is 0. The van der Waals surface area contributed by atoms with Crippen molar-refractivity contribution in [3.05, 3.63) is 53.9 Å². The Morgan fingerprint density at radius 2 is 1.96 bits per heavy atom. The molecule has 2 rings (SSSR count). The molecule has 1 aromatic heterocycles. The molecule has 6 heteroatoms. The first-order chi connectivity index (χ1) is 11.7. The molecule has 5 nitrogen and oxygen atoms in total. The van der Waals surface area contributed by atoms with E-state index in [2.05, 4.69) is 64.2 Å². The van der Waals surface area contributed by atoms with Crippen molar-refractivity contribution in [2.24, 2.45) is 12.0 Å². The summed E-state index contributed by atoms with van der Waals surface area (Å²) in [5, 5.41) is 11.0. The molecule has 1 unspecified atom stereocenters. The van der Waals surface area contributed by atoms with Crippen molar-refractivity contribution in [3.63, 3.8) is 0 Å². The molecule has 0 amide bonds. The lowest BCUT2D eigenvalue weighted by molar-refractivity contribution is 0.591. The van der Waals surface area contributed by atoms with Gasteiger partial charge < -0.3 is 10.6 Å². The molecular weight excluding hydrogens is 425 g/mol. The minimum atomic E-state index is 0. The summed E-state index contributed by atoms with van der Waals surface area (Å²) in [5.74, 6) is 0.877. The Morgan fingerprint density at radius 1 is 1.20 bits per heavy atom. The number of hydrogen-bond donors (Lipinski definition) is 2. The highest BCUT2D eigenvalue weighted by atomic mass is 127. The van der Waals surface area contributed by atoms with E-state index in [-0.39, 0.29) is 24.0 Å². The van der Waals surface area contributed by atoms with Gasteiger partial charge in [0.05, 0.1) is 6.20 Å². The highest BCUT2D eigenvalue weighted by Gasteiger charge is 2.05. The number of nitrogens with one attached hydrogen (secondary N) is 2. The quantitative estimate of drug-likeness (QED) is 0.278. The Labute approximate surface area is 168 Å². The van der Waals surface area contributed by atoms with Crippen molar-refractivity contribution in [3.8, 4) is 0 Å². The lowest BCUT2D eigenvalue weighted by atomic mass is 10.1. The Morgan fingerprint density at radius 3 is 2.60 bits per heavy atom. The molecule has 1 heterocycles. The second kappa shape index (κ2) is 11.9. The van der Waals surface area contributed by atoms with Gasteiger partial charge in [0, 0.05) is 32.9 Å². The molecule has 0 radical (unpaired) electrons. The molecule has 0 saturated carbocycles. The lowest BCUT2D eigenvalue weighted by Crippen LogP contribution is -2.42. The summed E-state index contributed by atoms with van der Waals surface area (Å²) in [6, 6.07) is 11.0. The summed E-state index contributed by atoms with van der Waals surface area (Å²) in [5.41, 5.74) is 2.66. The van der Waals surface area contributed by atoms with E-state index in [1.165, 1.54) is 11.1 Å². The van der Waals surface area contributed by atoms with Crippen LogP contribution in [-0.2, 0) is 19.9 Å². The van der Waals surface area contributed by atoms with Crippen LogP contribution in [0.3, 0.4) is 0 Å². The molecule has 0 saturated heterocycles. The standard InChI is InChI=1S/C19H29N5.HI/c1-16(11-12-17-8-5-4-6-9-17)23-19(20-2)21-13-7-10-18-14-22-24(3)15-18;/h4-6,8-9,14-16H,7,10-13H2,1-3H3,(H2,20,21,23);1H. The van der Waals surface area contributed by atoms with Gasteiger partial charge in [0.2, 0.25) is 0 Å². The smallest absolute Gasteiger partial charge is 0.191 e. The maximum Gasteiger partial charge on any atom is 0.191 e. The van der Waals surface area contributed by atoms with E-state index in [1.54, 1.807) is 0 Å². The molecule has 2 aromatic rings. The fourth-order valence-corrected chi connectivity index (χ4v) is 2.63. The third-order valence-electron chi connectivity index (χ3n) is 4.01. The second-order valence-electron chi connectivity index (χ2n) is 6.19. The lowest BCUT2D eigenvalue weighted by Gasteiger charge is -2.18. The summed E-state index contributed by atoms with van der Waals surface area (Å²) < 4.78 is 1.84. The molecule has 25 heavy (non-hydrogen) atoms. The minimum Gasteiger partial charge on any atom is -0.356 e. The maximum absolute atomic E-state index is 4.31. The molecule has 0 spiro atoms. The molecule has 0 bridgehead atoms. The molecule has 0 aliphatic rings. The van der Waals surface area contributed by atoms with Crippen LogP contribution in [0.2, 0.25) is 0 Å². The Kier molecular flexibility index (Phi) is 10.2. The van der Waals surface area contributed by atoms with Crippen LogP contribution in [0.25, 0.3) is 0 Å². The first-order valence-electron chi connectivity index (χ1n) is 8.66. The summed E-state index contributed by atoms with van der Waals surface area (Å²) in [4.78, 5) is 4.31. The van der Waals surface area contributed by atoms with Gasteiger partial charge in [-0.05, 0) is 43.7 Å². The number of hydrogen-bond acceptors (Lipinski definition) is 2. The minimum absolute atomic E-state index is 0. The fourth-order valence-electron chi connectivity index (χ4n) is 2.63. The molecule has 0 fully saturated rings. The summed E-state index contributed by atoms with van der Waals surface area (Å²) in [6.45, 7) is 3.10. The van der Waals surface area contributed by atoms with Crippen LogP contribution in [0.1, 0.15) is 30.9 Å². The van der Waals surface area contributed by atoms with Gasteiger partial charge in [-0.25, -0.2) is 0 Å². The van der Waals surface area contributed by atoms with Crippen molar-refractivity contribution < 1.29 is 0 Å². The van der Waals surface area contributed by atoms with E-state index in [0.717, 1.165) is 38.2 Å². The van der Waals surface area contributed by atoms with Gasteiger partial charge >= 0.3 is 0 Å². The van der Waals surface area contributed by atoms with E-state index in [1.807, 2.05) is 25.0 Å². The number of nitrogens with zero attached hydrogens (tertiary/aromatic N) is 3. The summed E-state index contributed by atoms with van der Waals surface area (Å²) in [6.07, 6.45) is 8.25. The monoisotopic (exact) mass is 455 g/mol. The first-order valence-corrected chi connectivity index (χ1v) is 8.66. The Balaban J connectivity index is 0.00000312. The number of aromatic nitrogens is 2. The zero-order valence-corrected chi connectivity index (χ0v) is 17.7. The van der Waals surface area contributed by atoms with Gasteiger partial charge in [0.25, 0.3) is 0 Å². The number of rotatable bonds is 8. The molecule has 138 valence electrons. The predicted molar refractivity (Wildman–Crippen MR) is 116 cm³/mol. The fraction of sp³-hybridized carbons (Fsp3) is 0.474. The van der Waals surface area contributed by atoms with Gasteiger partial charge in [-0.15, -0.1) is 24.0 Å².